The third kappa shape index (κ3) is 1.91. The summed E-state index contributed by atoms with van der Waals surface area (Å²) in [6, 6.07) is 0. The van der Waals surface area contributed by atoms with Crippen molar-refractivity contribution in [1.29, 1.82) is 0 Å². The molecule has 92 valence electrons. The van der Waals surface area contributed by atoms with E-state index in [1.54, 1.807) is 6.20 Å². The largest absolute Gasteiger partial charge is 0.397 e. The van der Waals surface area contributed by atoms with Gasteiger partial charge in [0.05, 0.1) is 28.6 Å². The number of morpholine rings is 1. The minimum absolute atomic E-state index is 0.375. The van der Waals surface area contributed by atoms with Crippen molar-refractivity contribution in [1.82, 2.24) is 4.98 Å². The normalized spacial score (nSPS) is 27.5. The van der Waals surface area contributed by atoms with E-state index in [1.807, 2.05) is 6.92 Å². The Bertz CT molecular complexity index is 440. The molecule has 0 saturated carbocycles. The standard InChI is InChI=1S/C12H16BrN3O/c1-7-10(14)4-15-12(11(7)13)16-5-8-2-3-9(6-16)17-8/h4,8-9H,2-3,5-6,14H2,1H3. The molecule has 0 amide bonds. The first-order valence-corrected chi connectivity index (χ1v) is 6.75. The van der Waals surface area contributed by atoms with E-state index in [9.17, 15) is 0 Å². The smallest absolute Gasteiger partial charge is 0.143 e. The first kappa shape index (κ1) is 11.3. The maximum absolute atomic E-state index is 5.85. The number of nitrogens with zero attached hydrogens (tertiary/aromatic N) is 2. The number of fused-ring (bicyclic) bond motifs is 2. The molecular weight excluding hydrogens is 282 g/mol. The van der Waals surface area contributed by atoms with E-state index in [1.165, 1.54) is 12.8 Å². The molecule has 2 bridgehead atoms. The molecule has 17 heavy (non-hydrogen) atoms. The van der Waals surface area contributed by atoms with E-state index < -0.39 is 0 Å². The van der Waals surface area contributed by atoms with Gasteiger partial charge in [-0.05, 0) is 41.3 Å². The monoisotopic (exact) mass is 297 g/mol. The number of halogens is 1. The Kier molecular flexibility index (Phi) is 2.75. The summed E-state index contributed by atoms with van der Waals surface area (Å²) >= 11 is 3.60. The number of hydrogen-bond acceptors (Lipinski definition) is 4. The van der Waals surface area contributed by atoms with Gasteiger partial charge in [-0.1, -0.05) is 0 Å². The molecule has 3 heterocycles. The van der Waals surface area contributed by atoms with Gasteiger partial charge in [-0.25, -0.2) is 4.98 Å². The highest BCUT2D eigenvalue weighted by Gasteiger charge is 2.34. The lowest BCUT2D eigenvalue weighted by atomic mass is 10.2. The quantitative estimate of drug-likeness (QED) is 0.862. The number of nitrogen functional groups attached to an aromatic ring is 1. The highest BCUT2D eigenvalue weighted by Crippen LogP contribution is 2.34. The fourth-order valence-electron chi connectivity index (χ4n) is 2.59. The van der Waals surface area contributed by atoms with E-state index in [-0.39, 0.29) is 0 Å². The SMILES string of the molecule is Cc1c(N)cnc(N2CC3CCC(C2)O3)c1Br. The summed E-state index contributed by atoms with van der Waals surface area (Å²) in [6.07, 6.45) is 4.84. The molecule has 0 aliphatic carbocycles. The van der Waals surface area contributed by atoms with Gasteiger partial charge in [0.25, 0.3) is 0 Å². The van der Waals surface area contributed by atoms with Crippen molar-refractivity contribution in [2.75, 3.05) is 23.7 Å². The van der Waals surface area contributed by atoms with E-state index in [4.69, 9.17) is 10.5 Å². The predicted molar refractivity (Wildman–Crippen MR) is 71.2 cm³/mol. The van der Waals surface area contributed by atoms with Crippen molar-refractivity contribution in [3.63, 3.8) is 0 Å². The number of hydrogen-bond donors (Lipinski definition) is 1. The number of nitrogens with two attached hydrogens (primary N) is 1. The number of rotatable bonds is 1. The van der Waals surface area contributed by atoms with Gasteiger partial charge in [-0.15, -0.1) is 0 Å². The van der Waals surface area contributed by atoms with Gasteiger partial charge in [-0.3, -0.25) is 0 Å². The molecule has 1 aromatic heterocycles. The summed E-state index contributed by atoms with van der Waals surface area (Å²) in [5.41, 5.74) is 7.65. The van der Waals surface area contributed by atoms with Crippen molar-refractivity contribution in [2.45, 2.75) is 32.0 Å². The lowest BCUT2D eigenvalue weighted by Gasteiger charge is -2.33. The van der Waals surface area contributed by atoms with E-state index in [0.29, 0.717) is 12.2 Å². The van der Waals surface area contributed by atoms with Crippen LogP contribution in [-0.2, 0) is 4.74 Å². The predicted octanol–water partition coefficient (Wildman–Crippen LogP) is 2.10. The number of ether oxygens (including phenoxy) is 1. The van der Waals surface area contributed by atoms with E-state index in [2.05, 4.69) is 25.8 Å². The maximum Gasteiger partial charge on any atom is 0.143 e. The Morgan fingerprint density at radius 2 is 2.06 bits per heavy atom. The molecule has 2 N–H and O–H groups in total. The van der Waals surface area contributed by atoms with Crippen LogP contribution in [0.3, 0.4) is 0 Å². The maximum atomic E-state index is 5.85. The van der Waals surface area contributed by atoms with Gasteiger partial charge in [0.2, 0.25) is 0 Å². The second-order valence-corrected chi connectivity index (χ2v) is 5.63. The third-order valence-electron chi connectivity index (χ3n) is 3.63. The highest BCUT2D eigenvalue weighted by molar-refractivity contribution is 9.10. The fraction of sp³-hybridized carbons (Fsp3) is 0.583. The molecule has 1 aromatic rings. The lowest BCUT2D eigenvalue weighted by molar-refractivity contribution is 0.0302. The summed E-state index contributed by atoms with van der Waals surface area (Å²) in [5, 5.41) is 0. The molecule has 0 aromatic carbocycles. The molecule has 2 aliphatic heterocycles. The minimum atomic E-state index is 0.375. The van der Waals surface area contributed by atoms with Gasteiger partial charge in [-0.2, -0.15) is 0 Å². The Hall–Kier alpha value is -0.810. The molecule has 2 aliphatic rings. The van der Waals surface area contributed by atoms with Gasteiger partial charge >= 0.3 is 0 Å². The third-order valence-corrected chi connectivity index (χ3v) is 4.58. The lowest BCUT2D eigenvalue weighted by Crippen LogP contribution is -2.43. The van der Waals surface area contributed by atoms with Crippen LogP contribution in [0.1, 0.15) is 18.4 Å². The van der Waals surface area contributed by atoms with Crippen molar-refractivity contribution >= 4 is 27.4 Å². The van der Waals surface area contributed by atoms with Crippen molar-refractivity contribution in [2.24, 2.45) is 0 Å². The van der Waals surface area contributed by atoms with Gasteiger partial charge < -0.3 is 15.4 Å². The van der Waals surface area contributed by atoms with Crippen LogP contribution in [0.15, 0.2) is 10.7 Å². The first-order valence-electron chi connectivity index (χ1n) is 5.96. The first-order chi connectivity index (χ1) is 8.15. The molecule has 2 saturated heterocycles. The fourth-order valence-corrected chi connectivity index (χ4v) is 3.17. The van der Waals surface area contributed by atoms with Crippen LogP contribution in [0, 0.1) is 6.92 Å². The van der Waals surface area contributed by atoms with Crippen LogP contribution >= 0.6 is 15.9 Å². The van der Waals surface area contributed by atoms with Crippen molar-refractivity contribution in [3.8, 4) is 0 Å². The highest BCUT2D eigenvalue weighted by atomic mass is 79.9. The number of aromatic nitrogens is 1. The van der Waals surface area contributed by atoms with Gasteiger partial charge in [0.15, 0.2) is 0 Å². The Morgan fingerprint density at radius 3 is 2.71 bits per heavy atom. The summed E-state index contributed by atoms with van der Waals surface area (Å²) in [7, 11) is 0. The zero-order chi connectivity index (χ0) is 12.0. The Morgan fingerprint density at radius 1 is 1.41 bits per heavy atom. The van der Waals surface area contributed by atoms with E-state index >= 15 is 0 Å². The average Bonchev–Trinajstić information content (AvgIpc) is 2.65. The Balaban J connectivity index is 1.92. The van der Waals surface area contributed by atoms with Crippen LogP contribution in [0.25, 0.3) is 0 Å². The second kappa shape index (κ2) is 4.14. The molecule has 4 nitrogen and oxygen atoms in total. The molecule has 2 atom stereocenters. The number of pyridine rings is 1. The van der Waals surface area contributed by atoms with E-state index in [0.717, 1.165) is 34.6 Å². The number of anilines is 2. The summed E-state index contributed by atoms with van der Waals surface area (Å²) in [6.45, 7) is 3.89. The molecule has 5 heteroatoms. The molecule has 0 radical (unpaired) electrons. The Labute approximate surface area is 109 Å². The van der Waals surface area contributed by atoms with Crippen LogP contribution in [-0.4, -0.2) is 30.3 Å². The average molecular weight is 298 g/mol. The van der Waals surface area contributed by atoms with Crippen LogP contribution < -0.4 is 10.6 Å². The molecule has 2 fully saturated rings. The molecule has 0 spiro atoms. The van der Waals surface area contributed by atoms with Crippen molar-refractivity contribution in [3.05, 3.63) is 16.2 Å². The van der Waals surface area contributed by atoms with Crippen molar-refractivity contribution < 1.29 is 4.74 Å². The van der Waals surface area contributed by atoms with Crippen LogP contribution in [0.4, 0.5) is 11.5 Å². The minimum Gasteiger partial charge on any atom is -0.397 e. The molecule has 3 rings (SSSR count). The van der Waals surface area contributed by atoms with Gasteiger partial charge in [0, 0.05) is 13.1 Å². The van der Waals surface area contributed by atoms with Crippen LogP contribution in [0.2, 0.25) is 0 Å². The zero-order valence-electron chi connectivity index (χ0n) is 9.82. The summed E-state index contributed by atoms with van der Waals surface area (Å²) in [5.74, 6) is 0.997. The van der Waals surface area contributed by atoms with Gasteiger partial charge in [0.1, 0.15) is 5.82 Å². The molecule has 2 unspecified atom stereocenters. The zero-order valence-corrected chi connectivity index (χ0v) is 11.4. The summed E-state index contributed by atoms with van der Waals surface area (Å²) < 4.78 is 6.85. The summed E-state index contributed by atoms with van der Waals surface area (Å²) in [4.78, 5) is 6.77. The topological polar surface area (TPSA) is 51.4 Å². The molecular formula is C12H16BrN3O. The second-order valence-electron chi connectivity index (χ2n) is 4.84. The van der Waals surface area contributed by atoms with Crippen LogP contribution in [0.5, 0.6) is 0 Å².